The van der Waals surface area contributed by atoms with Crippen molar-refractivity contribution < 1.29 is 19.1 Å². The Kier molecular flexibility index (Phi) is 4.24. The zero-order valence-electron chi connectivity index (χ0n) is 13.6. The molecule has 0 aromatic carbocycles. The fourth-order valence-electron chi connectivity index (χ4n) is 2.99. The van der Waals surface area contributed by atoms with Crippen molar-refractivity contribution in [2.24, 2.45) is 0 Å². The Labute approximate surface area is 130 Å². The summed E-state index contributed by atoms with van der Waals surface area (Å²) in [7, 11) is 1.53. The third-order valence-corrected chi connectivity index (χ3v) is 3.96. The van der Waals surface area contributed by atoms with Gasteiger partial charge >= 0.3 is 0 Å². The van der Waals surface area contributed by atoms with Gasteiger partial charge in [-0.3, -0.25) is 19.3 Å². The molecular weight excluding hydrogens is 284 g/mol. The second-order valence-electron chi connectivity index (χ2n) is 6.46. The molecule has 120 valence electrons. The van der Waals surface area contributed by atoms with Gasteiger partial charge < -0.3 is 9.64 Å². The van der Waals surface area contributed by atoms with E-state index in [0.717, 1.165) is 0 Å². The van der Waals surface area contributed by atoms with Crippen LogP contribution < -0.4 is 0 Å². The van der Waals surface area contributed by atoms with Crippen LogP contribution in [0.4, 0.5) is 0 Å². The number of methoxy groups -OCH3 is 1. The molecule has 0 N–H and O–H groups in total. The van der Waals surface area contributed by atoms with Gasteiger partial charge in [-0.25, -0.2) is 0 Å². The van der Waals surface area contributed by atoms with Crippen LogP contribution in [0.25, 0.3) is 0 Å². The van der Waals surface area contributed by atoms with Gasteiger partial charge in [0.25, 0.3) is 11.8 Å². The minimum Gasteiger partial charge on any atom is -0.358 e. The molecule has 0 aromatic heterocycles. The number of nitrogens with zero attached hydrogens (tertiary/aromatic N) is 2. The Bertz CT molecular complexity index is 575. The van der Waals surface area contributed by atoms with Gasteiger partial charge in [-0.2, -0.15) is 0 Å². The molecule has 0 saturated heterocycles. The van der Waals surface area contributed by atoms with E-state index in [1.54, 1.807) is 24.8 Å². The quantitative estimate of drug-likeness (QED) is 0.717. The van der Waals surface area contributed by atoms with Gasteiger partial charge in [0.1, 0.15) is 0 Å². The number of ether oxygens (including phenoxy) is 1. The molecule has 0 aliphatic carbocycles. The second-order valence-corrected chi connectivity index (χ2v) is 6.46. The Morgan fingerprint density at radius 2 is 1.86 bits per heavy atom. The standard InChI is InChI=1S/C16H22N2O4/c1-10(2)17-13(20)8-11(15(17)21)9-16(3,4)18-12(19)6-7-14(18)22-5/h6-8,10,14H,9H2,1-5H3. The summed E-state index contributed by atoms with van der Waals surface area (Å²) < 4.78 is 5.29. The number of hydrogen-bond acceptors (Lipinski definition) is 4. The Hall–Kier alpha value is -1.95. The highest BCUT2D eigenvalue weighted by molar-refractivity contribution is 6.16. The number of amides is 3. The van der Waals surface area contributed by atoms with Gasteiger partial charge in [0.05, 0.1) is 0 Å². The molecule has 0 aromatic rings. The zero-order chi connectivity index (χ0) is 16.7. The first-order valence-electron chi connectivity index (χ1n) is 7.31. The van der Waals surface area contributed by atoms with Gasteiger partial charge in [0, 0.05) is 42.8 Å². The highest BCUT2D eigenvalue weighted by Gasteiger charge is 2.42. The summed E-state index contributed by atoms with van der Waals surface area (Å²) in [6, 6.07) is -0.182. The molecule has 0 spiro atoms. The lowest BCUT2D eigenvalue weighted by Gasteiger charge is -2.39. The van der Waals surface area contributed by atoms with E-state index >= 15 is 0 Å². The molecular formula is C16H22N2O4. The maximum atomic E-state index is 12.4. The summed E-state index contributed by atoms with van der Waals surface area (Å²) in [6.07, 6.45) is 4.37. The van der Waals surface area contributed by atoms with Crippen LogP contribution in [0.1, 0.15) is 34.1 Å². The van der Waals surface area contributed by atoms with Crippen LogP contribution in [0, 0.1) is 0 Å². The van der Waals surface area contributed by atoms with E-state index in [9.17, 15) is 14.4 Å². The molecule has 2 aliphatic rings. The van der Waals surface area contributed by atoms with E-state index < -0.39 is 11.8 Å². The Balaban J connectivity index is 2.19. The average Bonchev–Trinajstić information content (AvgIpc) is 2.90. The summed E-state index contributed by atoms with van der Waals surface area (Å²) in [4.78, 5) is 39.2. The maximum Gasteiger partial charge on any atom is 0.257 e. The lowest BCUT2D eigenvalue weighted by Crippen LogP contribution is -2.51. The average molecular weight is 306 g/mol. The van der Waals surface area contributed by atoms with E-state index in [0.29, 0.717) is 12.0 Å². The zero-order valence-corrected chi connectivity index (χ0v) is 13.6. The monoisotopic (exact) mass is 306 g/mol. The Morgan fingerprint density at radius 3 is 2.36 bits per heavy atom. The smallest absolute Gasteiger partial charge is 0.257 e. The van der Waals surface area contributed by atoms with Crippen LogP contribution in [0.2, 0.25) is 0 Å². The molecule has 2 heterocycles. The number of imide groups is 1. The van der Waals surface area contributed by atoms with Crippen molar-refractivity contribution in [3.63, 3.8) is 0 Å². The summed E-state index contributed by atoms with van der Waals surface area (Å²) >= 11 is 0. The first-order chi connectivity index (χ1) is 10.2. The van der Waals surface area contributed by atoms with E-state index in [-0.39, 0.29) is 23.8 Å². The van der Waals surface area contributed by atoms with Crippen molar-refractivity contribution in [3.05, 3.63) is 23.8 Å². The third kappa shape index (κ3) is 2.70. The maximum absolute atomic E-state index is 12.4. The number of rotatable bonds is 5. The summed E-state index contributed by atoms with van der Waals surface area (Å²) in [5, 5.41) is 0. The van der Waals surface area contributed by atoms with Gasteiger partial charge in [-0.15, -0.1) is 0 Å². The molecule has 22 heavy (non-hydrogen) atoms. The SMILES string of the molecule is COC1C=CC(=O)N1C(C)(C)CC1=CC(=O)N(C(C)C)C1=O. The minimum absolute atomic E-state index is 0.157. The first-order valence-corrected chi connectivity index (χ1v) is 7.31. The molecule has 0 bridgehead atoms. The molecule has 6 heteroatoms. The molecule has 6 nitrogen and oxygen atoms in total. The first kappa shape index (κ1) is 16.4. The van der Waals surface area contributed by atoms with Crippen molar-refractivity contribution in [2.75, 3.05) is 7.11 Å². The van der Waals surface area contributed by atoms with Crippen LogP contribution in [0.5, 0.6) is 0 Å². The van der Waals surface area contributed by atoms with Crippen molar-refractivity contribution in [1.29, 1.82) is 0 Å². The fraction of sp³-hybridized carbons (Fsp3) is 0.562. The van der Waals surface area contributed by atoms with Crippen molar-refractivity contribution >= 4 is 17.7 Å². The molecule has 2 aliphatic heterocycles. The molecule has 1 atom stereocenters. The van der Waals surface area contributed by atoms with Crippen LogP contribution in [0.15, 0.2) is 23.8 Å². The second kappa shape index (κ2) is 5.68. The summed E-state index contributed by atoms with van der Waals surface area (Å²) in [5.74, 6) is -0.725. The van der Waals surface area contributed by atoms with Crippen molar-refractivity contribution in [3.8, 4) is 0 Å². The lowest BCUT2D eigenvalue weighted by molar-refractivity contribution is -0.143. The predicted molar refractivity (Wildman–Crippen MR) is 80.6 cm³/mol. The molecule has 1 unspecified atom stereocenters. The number of carbonyl (C=O) groups is 3. The molecule has 0 fully saturated rings. The molecule has 2 rings (SSSR count). The van der Waals surface area contributed by atoms with E-state index in [2.05, 4.69) is 0 Å². The highest BCUT2D eigenvalue weighted by atomic mass is 16.5. The third-order valence-electron chi connectivity index (χ3n) is 3.96. The topological polar surface area (TPSA) is 66.9 Å². The van der Waals surface area contributed by atoms with E-state index in [1.807, 2.05) is 13.8 Å². The van der Waals surface area contributed by atoms with Crippen LogP contribution >= 0.6 is 0 Å². The van der Waals surface area contributed by atoms with Crippen LogP contribution in [-0.4, -0.2) is 52.4 Å². The summed E-state index contributed by atoms with van der Waals surface area (Å²) in [6.45, 7) is 7.32. The van der Waals surface area contributed by atoms with E-state index in [1.165, 1.54) is 24.2 Å². The Morgan fingerprint density at radius 1 is 1.23 bits per heavy atom. The van der Waals surface area contributed by atoms with Gasteiger partial charge in [0.2, 0.25) is 5.91 Å². The van der Waals surface area contributed by atoms with Crippen molar-refractivity contribution in [1.82, 2.24) is 9.80 Å². The molecule has 3 amide bonds. The highest BCUT2D eigenvalue weighted by Crippen LogP contribution is 2.32. The van der Waals surface area contributed by atoms with E-state index in [4.69, 9.17) is 4.74 Å². The largest absolute Gasteiger partial charge is 0.358 e. The lowest BCUT2D eigenvalue weighted by atomic mass is 9.92. The number of hydrogen-bond donors (Lipinski definition) is 0. The van der Waals surface area contributed by atoms with Gasteiger partial charge in [0.15, 0.2) is 6.23 Å². The predicted octanol–water partition coefficient (Wildman–Crippen LogP) is 1.23. The van der Waals surface area contributed by atoms with Crippen LogP contribution in [-0.2, 0) is 19.1 Å². The normalized spacial score (nSPS) is 22.4. The summed E-state index contributed by atoms with van der Waals surface area (Å²) in [5.41, 5.74) is -0.214. The van der Waals surface area contributed by atoms with Gasteiger partial charge in [-0.1, -0.05) is 0 Å². The fourth-order valence-corrected chi connectivity index (χ4v) is 2.99. The van der Waals surface area contributed by atoms with Crippen LogP contribution in [0.3, 0.4) is 0 Å². The molecule has 0 saturated carbocycles. The minimum atomic E-state index is -0.643. The number of carbonyl (C=O) groups excluding carboxylic acids is 3. The van der Waals surface area contributed by atoms with Gasteiger partial charge in [-0.05, 0) is 33.8 Å². The van der Waals surface area contributed by atoms with Crippen molar-refractivity contribution in [2.45, 2.75) is 51.9 Å². The molecule has 0 radical (unpaired) electrons.